The second kappa shape index (κ2) is 8.35. The van der Waals surface area contributed by atoms with Gasteiger partial charge in [-0.2, -0.15) is 0 Å². The molecule has 2 aliphatic rings. The van der Waals surface area contributed by atoms with E-state index in [0.717, 1.165) is 62.6 Å². The Morgan fingerprint density at radius 1 is 1.42 bits per heavy atom. The molecular weight excluding hydrogens is 352 g/mol. The third-order valence-corrected chi connectivity index (χ3v) is 5.59. The fraction of sp³-hybridized carbons (Fsp3) is 0.632. The van der Waals surface area contributed by atoms with Crippen molar-refractivity contribution in [2.45, 2.75) is 43.7 Å². The molecule has 1 aliphatic carbocycles. The van der Waals surface area contributed by atoms with Crippen molar-refractivity contribution in [3.8, 4) is 5.75 Å². The second-order valence-corrected chi connectivity index (χ2v) is 7.69. The summed E-state index contributed by atoms with van der Waals surface area (Å²) in [6, 6.07) is 5.98. The van der Waals surface area contributed by atoms with E-state index < -0.39 is 5.60 Å². The molecule has 6 nitrogen and oxygen atoms in total. The van der Waals surface area contributed by atoms with Crippen LogP contribution >= 0.6 is 11.6 Å². The van der Waals surface area contributed by atoms with Gasteiger partial charge in [0, 0.05) is 37.7 Å². The molecule has 1 heterocycles. The number of guanidine groups is 1. The monoisotopic (exact) mass is 380 g/mol. The zero-order valence-corrected chi connectivity index (χ0v) is 16.4. The van der Waals surface area contributed by atoms with Crippen LogP contribution in [-0.2, 0) is 0 Å². The molecule has 26 heavy (non-hydrogen) atoms. The number of rotatable bonds is 5. The Morgan fingerprint density at radius 3 is 2.88 bits per heavy atom. The zero-order valence-electron chi connectivity index (χ0n) is 15.6. The van der Waals surface area contributed by atoms with Crippen LogP contribution < -0.4 is 20.3 Å². The van der Waals surface area contributed by atoms with E-state index in [4.69, 9.17) is 16.3 Å². The van der Waals surface area contributed by atoms with Gasteiger partial charge in [0.15, 0.2) is 5.96 Å². The Morgan fingerprint density at radius 2 is 2.19 bits per heavy atom. The van der Waals surface area contributed by atoms with E-state index >= 15 is 0 Å². The van der Waals surface area contributed by atoms with Gasteiger partial charge in [-0.3, -0.25) is 4.99 Å². The maximum atomic E-state index is 10.5. The SMILES string of the molecule is CN=C(NCC1(O)CCCC1)NC1CCN(c2cc(Cl)ccc2OC)C1. The first kappa shape index (κ1) is 19.1. The minimum Gasteiger partial charge on any atom is -0.495 e. The lowest BCUT2D eigenvalue weighted by atomic mass is 10.0. The fourth-order valence-corrected chi connectivity index (χ4v) is 4.02. The predicted octanol–water partition coefficient (Wildman–Crippen LogP) is 2.40. The highest BCUT2D eigenvalue weighted by Crippen LogP contribution is 2.33. The largest absolute Gasteiger partial charge is 0.495 e. The standard InChI is InChI=1S/C19H29ClN4O2/c1-21-18(22-13-19(25)8-3-4-9-19)23-15-7-10-24(12-15)16-11-14(20)5-6-17(16)26-2/h5-6,11,15,25H,3-4,7-10,12-13H2,1-2H3,(H2,21,22,23). The van der Waals surface area contributed by atoms with E-state index in [-0.39, 0.29) is 6.04 Å². The molecule has 1 aromatic rings. The van der Waals surface area contributed by atoms with E-state index in [1.165, 1.54) is 0 Å². The molecule has 0 aromatic heterocycles. The minimum atomic E-state index is -0.590. The Balaban J connectivity index is 1.56. The predicted molar refractivity (Wildman–Crippen MR) is 107 cm³/mol. The zero-order chi connectivity index (χ0) is 18.6. The average Bonchev–Trinajstić information content (AvgIpc) is 3.28. The molecule has 0 amide bonds. The fourth-order valence-electron chi connectivity index (χ4n) is 3.85. The van der Waals surface area contributed by atoms with E-state index in [0.29, 0.717) is 11.6 Å². The van der Waals surface area contributed by atoms with Crippen molar-refractivity contribution in [3.63, 3.8) is 0 Å². The summed E-state index contributed by atoms with van der Waals surface area (Å²) in [6.07, 6.45) is 4.93. The molecule has 7 heteroatoms. The molecule has 3 N–H and O–H groups in total. The smallest absolute Gasteiger partial charge is 0.191 e. The van der Waals surface area contributed by atoms with Crippen molar-refractivity contribution < 1.29 is 9.84 Å². The lowest BCUT2D eigenvalue weighted by molar-refractivity contribution is 0.0521. The van der Waals surface area contributed by atoms with Gasteiger partial charge in [-0.15, -0.1) is 0 Å². The van der Waals surface area contributed by atoms with Crippen molar-refractivity contribution in [1.29, 1.82) is 0 Å². The summed E-state index contributed by atoms with van der Waals surface area (Å²) < 4.78 is 5.47. The number of aliphatic hydroxyl groups is 1. The highest BCUT2D eigenvalue weighted by molar-refractivity contribution is 6.30. The van der Waals surface area contributed by atoms with E-state index in [9.17, 15) is 5.11 Å². The number of ether oxygens (including phenoxy) is 1. The van der Waals surface area contributed by atoms with E-state index in [1.807, 2.05) is 18.2 Å². The van der Waals surface area contributed by atoms with E-state index in [1.54, 1.807) is 14.2 Å². The lowest BCUT2D eigenvalue weighted by Gasteiger charge is -2.25. The second-order valence-electron chi connectivity index (χ2n) is 7.25. The molecule has 1 saturated heterocycles. The lowest BCUT2D eigenvalue weighted by Crippen LogP contribution is -2.49. The number of nitrogens with one attached hydrogen (secondary N) is 2. The van der Waals surface area contributed by atoms with Crippen molar-refractivity contribution >= 4 is 23.2 Å². The maximum absolute atomic E-state index is 10.5. The number of benzene rings is 1. The summed E-state index contributed by atoms with van der Waals surface area (Å²) in [7, 11) is 3.44. The first-order valence-corrected chi connectivity index (χ1v) is 9.69. The van der Waals surface area contributed by atoms with Crippen LogP contribution in [0.5, 0.6) is 5.75 Å². The Kier molecular flexibility index (Phi) is 6.14. The van der Waals surface area contributed by atoms with Crippen LogP contribution in [-0.4, -0.2) is 56.5 Å². The summed E-state index contributed by atoms with van der Waals surface area (Å²) >= 11 is 6.16. The normalized spacial score (nSPS) is 22.5. The molecular formula is C19H29ClN4O2. The summed E-state index contributed by atoms with van der Waals surface area (Å²) in [4.78, 5) is 6.59. The van der Waals surface area contributed by atoms with Crippen LogP contribution in [0.1, 0.15) is 32.1 Å². The first-order valence-electron chi connectivity index (χ1n) is 9.31. The third-order valence-electron chi connectivity index (χ3n) is 5.35. The van der Waals surface area contributed by atoms with Gasteiger partial charge in [-0.05, 0) is 37.5 Å². The van der Waals surface area contributed by atoms with Crippen LogP contribution in [0, 0.1) is 0 Å². The van der Waals surface area contributed by atoms with Gasteiger partial charge in [0.2, 0.25) is 0 Å². The van der Waals surface area contributed by atoms with Gasteiger partial charge in [0.05, 0.1) is 18.4 Å². The third kappa shape index (κ3) is 4.54. The molecule has 3 rings (SSSR count). The van der Waals surface area contributed by atoms with Crippen LogP contribution in [0.4, 0.5) is 5.69 Å². The highest BCUT2D eigenvalue weighted by Gasteiger charge is 2.31. The van der Waals surface area contributed by atoms with Crippen LogP contribution in [0.25, 0.3) is 0 Å². The number of hydrogen-bond acceptors (Lipinski definition) is 4. The molecule has 1 unspecified atom stereocenters. The van der Waals surface area contributed by atoms with Crippen molar-refractivity contribution in [2.75, 3.05) is 38.7 Å². The van der Waals surface area contributed by atoms with Gasteiger partial charge in [-0.25, -0.2) is 0 Å². The van der Waals surface area contributed by atoms with Crippen molar-refractivity contribution in [1.82, 2.24) is 10.6 Å². The number of anilines is 1. The Hall–Kier alpha value is -1.66. The molecule has 0 spiro atoms. The van der Waals surface area contributed by atoms with Gasteiger partial charge in [0.25, 0.3) is 0 Å². The molecule has 1 atom stereocenters. The number of halogens is 1. The molecule has 144 valence electrons. The van der Waals surface area contributed by atoms with Crippen LogP contribution in [0.2, 0.25) is 5.02 Å². The molecule has 1 saturated carbocycles. The van der Waals surface area contributed by atoms with Crippen LogP contribution in [0.3, 0.4) is 0 Å². The van der Waals surface area contributed by atoms with Gasteiger partial charge < -0.3 is 25.4 Å². The summed E-state index contributed by atoms with van der Waals surface area (Å²) in [5.41, 5.74) is 0.431. The Labute approximate surface area is 160 Å². The maximum Gasteiger partial charge on any atom is 0.191 e. The number of hydrogen-bond donors (Lipinski definition) is 3. The average molecular weight is 381 g/mol. The molecule has 1 aliphatic heterocycles. The van der Waals surface area contributed by atoms with Gasteiger partial charge in [-0.1, -0.05) is 24.4 Å². The first-order chi connectivity index (χ1) is 12.5. The number of methoxy groups -OCH3 is 1. The van der Waals surface area contributed by atoms with Crippen molar-refractivity contribution in [3.05, 3.63) is 23.2 Å². The highest BCUT2D eigenvalue weighted by atomic mass is 35.5. The Bertz CT molecular complexity index is 646. The van der Waals surface area contributed by atoms with Crippen LogP contribution in [0.15, 0.2) is 23.2 Å². The quantitative estimate of drug-likeness (QED) is 0.540. The molecule has 0 radical (unpaired) electrons. The van der Waals surface area contributed by atoms with Gasteiger partial charge in [0.1, 0.15) is 5.75 Å². The topological polar surface area (TPSA) is 69.1 Å². The summed E-state index contributed by atoms with van der Waals surface area (Å²) in [5, 5.41) is 18.0. The number of nitrogens with zero attached hydrogens (tertiary/aromatic N) is 2. The number of aliphatic imine (C=N–C) groups is 1. The minimum absolute atomic E-state index is 0.281. The van der Waals surface area contributed by atoms with Crippen molar-refractivity contribution in [2.24, 2.45) is 4.99 Å². The molecule has 1 aromatic carbocycles. The molecule has 0 bridgehead atoms. The summed E-state index contributed by atoms with van der Waals surface area (Å²) in [6.45, 7) is 2.32. The summed E-state index contributed by atoms with van der Waals surface area (Å²) in [5.74, 6) is 1.58. The van der Waals surface area contributed by atoms with Gasteiger partial charge >= 0.3 is 0 Å². The van der Waals surface area contributed by atoms with E-state index in [2.05, 4.69) is 20.5 Å². The molecule has 2 fully saturated rings.